The fourth-order valence-electron chi connectivity index (χ4n) is 4.85. The van der Waals surface area contributed by atoms with E-state index in [0.717, 1.165) is 65.3 Å². The number of halogens is 1. The second-order valence-corrected chi connectivity index (χ2v) is 9.55. The Morgan fingerprint density at radius 3 is 2.50 bits per heavy atom. The van der Waals surface area contributed by atoms with Gasteiger partial charge in [0.05, 0.1) is 11.4 Å². The monoisotopic (exact) mass is 485 g/mol. The van der Waals surface area contributed by atoms with E-state index in [1.54, 1.807) is 0 Å². The third-order valence-electron chi connectivity index (χ3n) is 6.49. The summed E-state index contributed by atoms with van der Waals surface area (Å²) in [4.78, 5) is 3.64. The van der Waals surface area contributed by atoms with Crippen LogP contribution in [0.2, 0.25) is 5.02 Å². The van der Waals surface area contributed by atoms with E-state index in [9.17, 15) is 0 Å². The van der Waals surface area contributed by atoms with Gasteiger partial charge in [0, 0.05) is 28.0 Å². The molecule has 0 saturated carbocycles. The molecule has 1 saturated heterocycles. The molecule has 34 heavy (non-hydrogen) atoms. The molecule has 1 aliphatic heterocycles. The van der Waals surface area contributed by atoms with Crippen molar-refractivity contribution in [1.82, 2.24) is 24.6 Å². The lowest BCUT2D eigenvalue weighted by molar-refractivity contribution is 0.444. The molecule has 1 aliphatic rings. The lowest BCUT2D eigenvalue weighted by Gasteiger charge is -2.08. The Bertz CT molecular complexity index is 1510. The van der Waals surface area contributed by atoms with Gasteiger partial charge in [0.1, 0.15) is 0 Å². The van der Waals surface area contributed by atoms with Crippen molar-refractivity contribution in [3.63, 3.8) is 0 Å². The number of nitrogens with zero attached hydrogens (tertiary/aromatic N) is 3. The second kappa shape index (κ2) is 8.87. The van der Waals surface area contributed by atoms with Gasteiger partial charge in [-0.15, -0.1) is 5.10 Å². The van der Waals surface area contributed by atoms with Gasteiger partial charge in [-0.25, -0.2) is 4.68 Å². The van der Waals surface area contributed by atoms with E-state index in [2.05, 4.69) is 51.3 Å². The third-order valence-corrected chi connectivity index (χ3v) is 7.12. The fourth-order valence-corrected chi connectivity index (χ4v) is 5.33. The third kappa shape index (κ3) is 3.78. The maximum Gasteiger partial charge on any atom is 0.202 e. The van der Waals surface area contributed by atoms with Crippen molar-refractivity contribution in [2.75, 3.05) is 13.1 Å². The fraction of sp³-hybridized carbons (Fsp3) is 0.185. The first-order valence-electron chi connectivity index (χ1n) is 11.5. The molecule has 7 heteroatoms. The van der Waals surface area contributed by atoms with Gasteiger partial charge in [0.25, 0.3) is 0 Å². The molecule has 0 spiro atoms. The van der Waals surface area contributed by atoms with E-state index >= 15 is 0 Å². The lowest BCUT2D eigenvalue weighted by atomic mass is 10.0. The van der Waals surface area contributed by atoms with Gasteiger partial charge in [0.15, 0.2) is 5.82 Å². The van der Waals surface area contributed by atoms with Crippen LogP contribution in [0, 0.1) is 10.7 Å². The van der Waals surface area contributed by atoms with E-state index < -0.39 is 0 Å². The standard InChI is InChI=1S/C27H24ClN5S/c28-20-11-12-23-22(15-20)24(19-7-3-1-4-8-19)25(30-23)26-31-32(17-18-13-14-29-16-18)27(34)33(26)21-9-5-2-6-10-21/h1-12,15,18,29-30H,13-14,16-17H2. The first kappa shape index (κ1) is 21.4. The number of fused-ring (bicyclic) bond motifs is 1. The molecule has 1 atom stereocenters. The van der Waals surface area contributed by atoms with Crippen LogP contribution in [0.4, 0.5) is 0 Å². The minimum Gasteiger partial charge on any atom is -0.351 e. The molecule has 170 valence electrons. The second-order valence-electron chi connectivity index (χ2n) is 8.75. The highest BCUT2D eigenvalue weighted by molar-refractivity contribution is 7.71. The molecule has 1 fully saturated rings. The molecule has 0 aliphatic carbocycles. The molecule has 5 nitrogen and oxygen atoms in total. The SMILES string of the molecule is S=c1n(CC2CCNC2)nc(-c2[nH]c3ccc(Cl)cc3c2-c2ccccc2)n1-c1ccccc1. The van der Waals surface area contributed by atoms with Crippen molar-refractivity contribution < 1.29 is 0 Å². The van der Waals surface area contributed by atoms with Gasteiger partial charge in [-0.2, -0.15) is 0 Å². The largest absolute Gasteiger partial charge is 0.351 e. The first-order chi connectivity index (χ1) is 16.7. The lowest BCUT2D eigenvalue weighted by Crippen LogP contribution is -2.15. The Balaban J connectivity index is 1.63. The number of rotatable bonds is 5. The number of aromatic nitrogens is 4. The molecule has 0 amide bonds. The Morgan fingerprint density at radius 1 is 1.00 bits per heavy atom. The van der Waals surface area contributed by atoms with Crippen LogP contribution in [-0.2, 0) is 6.54 Å². The maximum absolute atomic E-state index is 6.42. The summed E-state index contributed by atoms with van der Waals surface area (Å²) in [6.07, 6.45) is 1.13. The zero-order valence-electron chi connectivity index (χ0n) is 18.5. The van der Waals surface area contributed by atoms with E-state index in [1.807, 2.05) is 47.1 Å². The molecular weight excluding hydrogens is 462 g/mol. The highest BCUT2D eigenvalue weighted by atomic mass is 35.5. The van der Waals surface area contributed by atoms with Gasteiger partial charge in [0.2, 0.25) is 4.77 Å². The van der Waals surface area contributed by atoms with Gasteiger partial charge in [-0.05, 0) is 73.5 Å². The highest BCUT2D eigenvalue weighted by Crippen LogP contribution is 2.39. The van der Waals surface area contributed by atoms with Crippen molar-refractivity contribution in [2.24, 2.45) is 5.92 Å². The zero-order chi connectivity index (χ0) is 23.1. The molecule has 0 radical (unpaired) electrons. The molecule has 3 aromatic carbocycles. The molecule has 0 bridgehead atoms. The molecule has 3 heterocycles. The molecule has 2 N–H and O–H groups in total. The predicted octanol–water partition coefficient (Wildman–Crippen LogP) is 6.48. The van der Waals surface area contributed by atoms with Crippen LogP contribution >= 0.6 is 23.8 Å². The Hall–Kier alpha value is -3.19. The van der Waals surface area contributed by atoms with E-state index in [0.29, 0.717) is 15.7 Å². The predicted molar refractivity (Wildman–Crippen MR) is 141 cm³/mol. The highest BCUT2D eigenvalue weighted by Gasteiger charge is 2.24. The van der Waals surface area contributed by atoms with Gasteiger partial charge in [-0.3, -0.25) is 4.57 Å². The van der Waals surface area contributed by atoms with Crippen LogP contribution in [0.15, 0.2) is 78.9 Å². The molecule has 6 rings (SSSR count). The van der Waals surface area contributed by atoms with E-state index in [-0.39, 0.29) is 0 Å². The Labute approximate surface area is 208 Å². The van der Waals surface area contributed by atoms with Crippen LogP contribution in [0.3, 0.4) is 0 Å². The average molecular weight is 486 g/mol. The summed E-state index contributed by atoms with van der Waals surface area (Å²) in [5.41, 5.74) is 5.12. The van der Waals surface area contributed by atoms with Crippen LogP contribution in [0.25, 0.3) is 39.2 Å². The van der Waals surface area contributed by atoms with Gasteiger partial charge >= 0.3 is 0 Å². The minimum atomic E-state index is 0.522. The van der Waals surface area contributed by atoms with Crippen LogP contribution < -0.4 is 5.32 Å². The molecule has 2 aromatic heterocycles. The van der Waals surface area contributed by atoms with Crippen LogP contribution in [0.1, 0.15) is 6.42 Å². The summed E-state index contributed by atoms with van der Waals surface area (Å²) in [7, 11) is 0. The summed E-state index contributed by atoms with van der Waals surface area (Å²) >= 11 is 12.4. The van der Waals surface area contributed by atoms with Gasteiger partial charge < -0.3 is 10.3 Å². The number of benzene rings is 3. The molecule has 1 unspecified atom stereocenters. The molecule has 5 aromatic rings. The number of hydrogen-bond acceptors (Lipinski definition) is 3. The Morgan fingerprint density at radius 2 is 1.76 bits per heavy atom. The normalized spacial score (nSPS) is 15.9. The number of H-pyrrole nitrogens is 1. The van der Waals surface area contributed by atoms with Crippen LogP contribution in [-0.4, -0.2) is 32.4 Å². The number of nitrogens with one attached hydrogen (secondary N) is 2. The summed E-state index contributed by atoms with van der Waals surface area (Å²) in [6, 6.07) is 26.6. The topological polar surface area (TPSA) is 50.6 Å². The van der Waals surface area contributed by atoms with Crippen molar-refractivity contribution in [2.45, 2.75) is 13.0 Å². The minimum absolute atomic E-state index is 0.522. The summed E-state index contributed by atoms with van der Waals surface area (Å²) in [5.74, 6) is 1.32. The summed E-state index contributed by atoms with van der Waals surface area (Å²) in [6.45, 7) is 2.84. The van der Waals surface area contributed by atoms with E-state index in [1.165, 1.54) is 0 Å². The number of para-hydroxylation sites is 1. The quantitative estimate of drug-likeness (QED) is 0.280. The zero-order valence-corrected chi connectivity index (χ0v) is 20.1. The Kier molecular flexibility index (Phi) is 5.57. The van der Waals surface area contributed by atoms with Crippen molar-refractivity contribution in [3.8, 4) is 28.3 Å². The first-order valence-corrected chi connectivity index (χ1v) is 12.3. The number of aromatic amines is 1. The number of hydrogen-bond donors (Lipinski definition) is 2. The average Bonchev–Trinajstić information content (AvgIpc) is 3.58. The smallest absolute Gasteiger partial charge is 0.202 e. The van der Waals surface area contributed by atoms with Crippen molar-refractivity contribution in [3.05, 3.63) is 88.7 Å². The van der Waals surface area contributed by atoms with Crippen molar-refractivity contribution >= 4 is 34.7 Å². The molecular formula is C27H24ClN5S. The summed E-state index contributed by atoms with van der Waals surface area (Å²) < 4.78 is 4.77. The van der Waals surface area contributed by atoms with Crippen molar-refractivity contribution in [1.29, 1.82) is 0 Å². The summed E-state index contributed by atoms with van der Waals surface area (Å²) in [5, 5.41) is 10.3. The maximum atomic E-state index is 6.42. The van der Waals surface area contributed by atoms with Gasteiger partial charge in [-0.1, -0.05) is 60.1 Å². The van der Waals surface area contributed by atoms with Crippen LogP contribution in [0.5, 0.6) is 0 Å². The van der Waals surface area contributed by atoms with E-state index in [4.69, 9.17) is 28.9 Å².